The molecule has 6 nitrogen and oxygen atoms in total. The van der Waals surface area contributed by atoms with Crippen molar-refractivity contribution in [3.8, 4) is 11.8 Å². The van der Waals surface area contributed by atoms with Gasteiger partial charge in [-0.15, -0.1) is 0 Å². The molecule has 3 rings (SSSR count). The van der Waals surface area contributed by atoms with Crippen molar-refractivity contribution < 1.29 is 9.53 Å². The smallest absolute Gasteiger partial charge is 0.220 e. The molecule has 1 aromatic carbocycles. The standard InChI is InChI=1S/C25H38N4O2/c1-20-6-11-23(31-2)19-24(20)29-17-15-28(16-18-29)14-12-21-7-9-22(10-8-21)27-25(30)5-3-4-13-26/h6,11,19,21-22H,3-5,7-10,12,14-18H2,1-2H3,(H,27,30). The molecule has 1 aliphatic carbocycles. The maximum atomic E-state index is 11.9. The first-order chi connectivity index (χ1) is 15.1. The number of anilines is 1. The lowest BCUT2D eigenvalue weighted by atomic mass is 9.84. The van der Waals surface area contributed by atoms with E-state index in [1.54, 1.807) is 7.11 Å². The minimum Gasteiger partial charge on any atom is -0.497 e. The molecule has 0 bridgehead atoms. The molecule has 1 amide bonds. The van der Waals surface area contributed by atoms with E-state index in [2.05, 4.69) is 40.2 Å². The zero-order valence-corrected chi connectivity index (χ0v) is 19.2. The number of amides is 1. The van der Waals surface area contributed by atoms with Gasteiger partial charge in [0.05, 0.1) is 13.2 Å². The lowest BCUT2D eigenvalue weighted by Gasteiger charge is -2.38. The first-order valence-corrected chi connectivity index (χ1v) is 11.9. The van der Waals surface area contributed by atoms with E-state index >= 15 is 0 Å². The number of ether oxygens (including phenoxy) is 1. The van der Waals surface area contributed by atoms with Crippen LogP contribution in [0, 0.1) is 24.2 Å². The van der Waals surface area contributed by atoms with E-state index in [4.69, 9.17) is 10.00 Å². The number of hydrogen-bond donors (Lipinski definition) is 1. The molecular weight excluding hydrogens is 388 g/mol. The highest BCUT2D eigenvalue weighted by molar-refractivity contribution is 5.76. The minimum atomic E-state index is 0.114. The number of carbonyl (C=O) groups is 1. The summed E-state index contributed by atoms with van der Waals surface area (Å²) in [5.74, 6) is 1.82. The predicted octanol–water partition coefficient (Wildman–Crippen LogP) is 3.88. The molecule has 2 aliphatic rings. The fraction of sp³-hybridized carbons (Fsp3) is 0.680. The van der Waals surface area contributed by atoms with E-state index in [0.717, 1.165) is 50.7 Å². The number of hydrogen-bond acceptors (Lipinski definition) is 5. The summed E-state index contributed by atoms with van der Waals surface area (Å²) in [6.07, 6.45) is 7.50. The Bertz CT molecular complexity index is 744. The van der Waals surface area contributed by atoms with Gasteiger partial charge in [-0.2, -0.15) is 5.26 Å². The van der Waals surface area contributed by atoms with Gasteiger partial charge >= 0.3 is 0 Å². The SMILES string of the molecule is COc1ccc(C)c(N2CCN(CCC3CCC(NC(=O)CCCC#N)CC3)CC2)c1. The molecule has 0 atom stereocenters. The van der Waals surface area contributed by atoms with Gasteiger partial charge in [0.25, 0.3) is 0 Å². The monoisotopic (exact) mass is 426 g/mol. The summed E-state index contributed by atoms with van der Waals surface area (Å²) in [4.78, 5) is 17.0. The van der Waals surface area contributed by atoms with Crippen LogP contribution in [0.4, 0.5) is 5.69 Å². The van der Waals surface area contributed by atoms with E-state index in [1.807, 2.05) is 6.07 Å². The van der Waals surface area contributed by atoms with Gasteiger partial charge in [-0.1, -0.05) is 6.07 Å². The second kappa shape index (κ2) is 12.0. The van der Waals surface area contributed by atoms with Gasteiger partial charge in [-0.3, -0.25) is 9.69 Å². The molecule has 170 valence electrons. The second-order valence-electron chi connectivity index (χ2n) is 9.07. The summed E-state index contributed by atoms with van der Waals surface area (Å²) in [5.41, 5.74) is 2.61. The van der Waals surface area contributed by atoms with E-state index in [-0.39, 0.29) is 5.91 Å². The maximum Gasteiger partial charge on any atom is 0.220 e. The second-order valence-corrected chi connectivity index (χ2v) is 9.07. The molecule has 0 unspecified atom stereocenters. The van der Waals surface area contributed by atoms with Crippen LogP contribution in [0.15, 0.2) is 18.2 Å². The summed E-state index contributed by atoms with van der Waals surface area (Å²) in [7, 11) is 1.73. The van der Waals surface area contributed by atoms with Gasteiger partial charge in [0.15, 0.2) is 0 Å². The van der Waals surface area contributed by atoms with Crippen molar-refractivity contribution in [2.45, 2.75) is 64.3 Å². The first kappa shape index (κ1) is 23.4. The topological polar surface area (TPSA) is 68.6 Å². The van der Waals surface area contributed by atoms with Crippen LogP contribution >= 0.6 is 0 Å². The highest BCUT2D eigenvalue weighted by Gasteiger charge is 2.24. The van der Waals surface area contributed by atoms with Gasteiger partial charge < -0.3 is 15.0 Å². The van der Waals surface area contributed by atoms with Crippen LogP contribution in [0.3, 0.4) is 0 Å². The number of benzene rings is 1. The third kappa shape index (κ3) is 7.14. The van der Waals surface area contributed by atoms with Gasteiger partial charge in [0.2, 0.25) is 5.91 Å². The van der Waals surface area contributed by atoms with Crippen LogP contribution < -0.4 is 15.0 Å². The van der Waals surface area contributed by atoms with Crippen LogP contribution in [-0.4, -0.2) is 56.7 Å². The summed E-state index contributed by atoms with van der Waals surface area (Å²) >= 11 is 0. The van der Waals surface area contributed by atoms with E-state index < -0.39 is 0 Å². The van der Waals surface area contributed by atoms with Gasteiger partial charge in [0, 0.05) is 56.8 Å². The molecule has 0 radical (unpaired) electrons. The van der Waals surface area contributed by atoms with Crippen LogP contribution in [0.5, 0.6) is 5.75 Å². The number of rotatable bonds is 9. The van der Waals surface area contributed by atoms with Crippen molar-refractivity contribution >= 4 is 11.6 Å². The minimum absolute atomic E-state index is 0.114. The Morgan fingerprint density at radius 2 is 1.94 bits per heavy atom. The van der Waals surface area contributed by atoms with Crippen molar-refractivity contribution in [1.82, 2.24) is 10.2 Å². The number of unbranched alkanes of at least 4 members (excludes halogenated alkanes) is 1. The molecule has 31 heavy (non-hydrogen) atoms. The molecule has 1 N–H and O–H groups in total. The summed E-state index contributed by atoms with van der Waals surface area (Å²) in [6, 6.07) is 8.77. The van der Waals surface area contributed by atoms with E-state index in [0.29, 0.717) is 25.3 Å². The predicted molar refractivity (Wildman–Crippen MR) is 124 cm³/mol. The molecule has 0 spiro atoms. The number of nitriles is 1. The molecule has 0 aromatic heterocycles. The Balaban J connectivity index is 1.33. The Kier molecular flexibility index (Phi) is 9.02. The fourth-order valence-electron chi connectivity index (χ4n) is 4.86. The van der Waals surface area contributed by atoms with E-state index in [9.17, 15) is 4.79 Å². The Labute approximate surface area is 187 Å². The molecule has 1 saturated heterocycles. The summed E-state index contributed by atoms with van der Waals surface area (Å²) < 4.78 is 5.41. The number of methoxy groups -OCH3 is 1. The zero-order valence-electron chi connectivity index (χ0n) is 19.2. The lowest BCUT2D eigenvalue weighted by Crippen LogP contribution is -2.47. The Morgan fingerprint density at radius 3 is 2.61 bits per heavy atom. The van der Waals surface area contributed by atoms with Crippen LogP contribution in [0.2, 0.25) is 0 Å². The van der Waals surface area contributed by atoms with Gasteiger partial charge in [-0.25, -0.2) is 0 Å². The van der Waals surface area contributed by atoms with Crippen LogP contribution in [0.1, 0.15) is 56.9 Å². The molecule has 1 aromatic rings. The van der Waals surface area contributed by atoms with Crippen molar-refractivity contribution in [3.05, 3.63) is 23.8 Å². The normalized spacial score (nSPS) is 22.0. The molecule has 1 aliphatic heterocycles. The number of piperazine rings is 1. The van der Waals surface area contributed by atoms with Crippen molar-refractivity contribution in [2.75, 3.05) is 44.7 Å². The zero-order chi connectivity index (χ0) is 22.1. The third-order valence-electron chi connectivity index (χ3n) is 6.89. The number of aryl methyl sites for hydroxylation is 1. The van der Waals surface area contributed by atoms with Crippen molar-refractivity contribution in [2.24, 2.45) is 5.92 Å². The van der Waals surface area contributed by atoms with Crippen molar-refractivity contribution in [1.29, 1.82) is 5.26 Å². The summed E-state index contributed by atoms with van der Waals surface area (Å²) in [6.45, 7) is 7.72. The average molecular weight is 427 g/mol. The Hall–Kier alpha value is -2.26. The largest absolute Gasteiger partial charge is 0.497 e. The lowest BCUT2D eigenvalue weighted by molar-refractivity contribution is -0.122. The Morgan fingerprint density at radius 1 is 1.19 bits per heavy atom. The molecule has 6 heteroatoms. The number of nitrogens with zero attached hydrogens (tertiary/aromatic N) is 3. The number of nitrogens with one attached hydrogen (secondary N) is 1. The molecular formula is C25H38N4O2. The number of carbonyl (C=O) groups excluding carboxylic acids is 1. The molecule has 1 heterocycles. The average Bonchev–Trinajstić information content (AvgIpc) is 2.79. The van der Waals surface area contributed by atoms with Gasteiger partial charge in [0.1, 0.15) is 5.75 Å². The molecule has 1 saturated carbocycles. The van der Waals surface area contributed by atoms with Crippen LogP contribution in [-0.2, 0) is 4.79 Å². The maximum absolute atomic E-state index is 11.9. The molecule has 2 fully saturated rings. The highest BCUT2D eigenvalue weighted by atomic mass is 16.5. The van der Waals surface area contributed by atoms with Crippen LogP contribution in [0.25, 0.3) is 0 Å². The quantitative estimate of drug-likeness (QED) is 0.607. The van der Waals surface area contributed by atoms with E-state index in [1.165, 1.54) is 37.1 Å². The first-order valence-electron chi connectivity index (χ1n) is 11.9. The third-order valence-corrected chi connectivity index (χ3v) is 6.89. The summed E-state index contributed by atoms with van der Waals surface area (Å²) in [5, 5.41) is 11.7. The van der Waals surface area contributed by atoms with Crippen molar-refractivity contribution in [3.63, 3.8) is 0 Å². The van der Waals surface area contributed by atoms with Gasteiger partial charge in [-0.05, 0) is 69.5 Å². The highest BCUT2D eigenvalue weighted by Crippen LogP contribution is 2.29. The fourth-order valence-corrected chi connectivity index (χ4v) is 4.86.